The molecular weight excluding hydrogens is 774 g/mol. The Morgan fingerprint density at radius 2 is 1.73 bits per heavy atom. The van der Waals surface area contributed by atoms with Gasteiger partial charge in [0.05, 0.1) is 18.9 Å². The molecule has 2 heterocycles. The Morgan fingerprint density at radius 3 is 2.47 bits per heavy atom. The molecule has 2 aliphatic rings. The number of unbranched alkanes of at least 4 members (excludes halogenated alkanes) is 1. The fourth-order valence-corrected chi connectivity index (χ4v) is 7.14. The second kappa shape index (κ2) is 20.3. The number of fused-ring (bicyclic) bond motifs is 3. The number of hydrogen-bond donors (Lipinski definition) is 2. The summed E-state index contributed by atoms with van der Waals surface area (Å²) in [6, 6.07) is 22.3. The van der Waals surface area contributed by atoms with E-state index in [4.69, 9.17) is 19.2 Å². The third-order valence-corrected chi connectivity index (χ3v) is 10.2. The lowest BCUT2D eigenvalue weighted by Crippen LogP contribution is -2.33. The van der Waals surface area contributed by atoms with E-state index in [1.54, 1.807) is 24.1 Å². The van der Waals surface area contributed by atoms with E-state index in [2.05, 4.69) is 10.3 Å². The first-order valence-corrected chi connectivity index (χ1v) is 19.7. The van der Waals surface area contributed by atoms with E-state index < -0.39 is 41.4 Å². The van der Waals surface area contributed by atoms with Crippen LogP contribution in [0.1, 0.15) is 54.4 Å². The lowest BCUT2D eigenvalue weighted by Gasteiger charge is -2.27. The normalized spacial score (nSPS) is 14.9. The molecular formula is C45H46FN5O9. The highest BCUT2D eigenvalue weighted by molar-refractivity contribution is 6.14. The second-order valence-corrected chi connectivity index (χ2v) is 14.2. The number of halogens is 1. The lowest BCUT2D eigenvalue weighted by molar-refractivity contribution is -0.163. The summed E-state index contributed by atoms with van der Waals surface area (Å²) in [5, 5.41) is 13.1. The van der Waals surface area contributed by atoms with E-state index >= 15 is 0 Å². The summed E-state index contributed by atoms with van der Waals surface area (Å²) in [6.45, 7) is 2.47. The van der Waals surface area contributed by atoms with Crippen LogP contribution in [0.3, 0.4) is 0 Å². The van der Waals surface area contributed by atoms with Crippen molar-refractivity contribution >= 4 is 41.4 Å². The van der Waals surface area contributed by atoms with Crippen molar-refractivity contribution in [3.05, 3.63) is 131 Å². The van der Waals surface area contributed by atoms with Crippen molar-refractivity contribution < 1.29 is 47.7 Å². The fraction of sp³-hybridized carbons (Fsp3) is 0.311. The molecule has 60 heavy (non-hydrogen) atoms. The van der Waals surface area contributed by atoms with E-state index in [1.807, 2.05) is 60.7 Å². The van der Waals surface area contributed by atoms with Gasteiger partial charge in [-0.3, -0.25) is 14.5 Å². The monoisotopic (exact) mass is 819 g/mol. The number of carbonyl (C=O) groups is 5. The Labute approximate surface area is 346 Å². The Balaban J connectivity index is 1.13. The highest BCUT2D eigenvalue weighted by atomic mass is 19.1. The zero-order chi connectivity index (χ0) is 42.6. The first kappa shape index (κ1) is 42.9. The average molecular weight is 820 g/mol. The van der Waals surface area contributed by atoms with Crippen molar-refractivity contribution in [1.29, 1.82) is 0 Å². The number of carboxylic acids is 1. The number of benzene rings is 3. The van der Waals surface area contributed by atoms with Crippen LogP contribution in [0.15, 0.2) is 103 Å². The van der Waals surface area contributed by atoms with Gasteiger partial charge in [-0.05, 0) is 79.5 Å². The maximum Gasteiger partial charge on any atom is 0.347 e. The van der Waals surface area contributed by atoms with E-state index in [1.165, 1.54) is 19.4 Å². The molecule has 0 bridgehead atoms. The minimum Gasteiger partial charge on any atom is -0.479 e. The van der Waals surface area contributed by atoms with Gasteiger partial charge in [-0.1, -0.05) is 54.6 Å². The largest absolute Gasteiger partial charge is 0.479 e. The Morgan fingerprint density at radius 1 is 0.983 bits per heavy atom. The number of anilines is 2. The van der Waals surface area contributed by atoms with Gasteiger partial charge in [0.2, 0.25) is 5.95 Å². The summed E-state index contributed by atoms with van der Waals surface area (Å²) in [6.07, 6.45) is 5.23. The number of nitrogens with one attached hydrogen (secondary N) is 1. The molecule has 2 amide bonds. The van der Waals surface area contributed by atoms with Crippen LogP contribution in [-0.2, 0) is 51.0 Å². The Kier molecular flexibility index (Phi) is 14.5. The van der Waals surface area contributed by atoms with Gasteiger partial charge in [-0.25, -0.2) is 28.7 Å². The SMILES string of the molecule is CCOC(=O)/C(=C\N(CCOC)CCc1cccc(Nc2ncc3c(n2)-c2ccccc2C(c2ccccc2F)C3)c1)C(=O)OC(CCCCN1C(=O)C=CC1=O)C(=O)O. The number of carboxylic acid groups (broad SMARTS) is 1. The maximum atomic E-state index is 14.9. The third-order valence-electron chi connectivity index (χ3n) is 10.2. The number of imide groups is 1. The molecule has 0 saturated carbocycles. The molecule has 0 saturated heterocycles. The molecule has 1 aliphatic heterocycles. The quantitative estimate of drug-likeness (QED) is 0.0276. The Bertz CT molecular complexity index is 2280. The molecule has 0 fully saturated rings. The van der Waals surface area contributed by atoms with Gasteiger partial charge in [-0.15, -0.1) is 0 Å². The van der Waals surface area contributed by atoms with Crippen LogP contribution in [0.2, 0.25) is 0 Å². The summed E-state index contributed by atoms with van der Waals surface area (Å²) in [7, 11) is 1.52. The molecule has 2 atom stereocenters. The fourth-order valence-electron chi connectivity index (χ4n) is 7.14. The van der Waals surface area contributed by atoms with Crippen molar-refractivity contribution in [3.63, 3.8) is 0 Å². The van der Waals surface area contributed by atoms with Crippen LogP contribution in [0.5, 0.6) is 0 Å². The number of aliphatic carboxylic acids is 1. The molecule has 2 unspecified atom stereocenters. The van der Waals surface area contributed by atoms with Gasteiger partial charge in [0.25, 0.3) is 11.8 Å². The predicted octanol–water partition coefficient (Wildman–Crippen LogP) is 5.74. The van der Waals surface area contributed by atoms with Gasteiger partial charge in [0.1, 0.15) is 5.82 Å². The molecule has 312 valence electrons. The molecule has 6 rings (SSSR count). The number of esters is 2. The van der Waals surface area contributed by atoms with Crippen LogP contribution >= 0.6 is 0 Å². The van der Waals surface area contributed by atoms with Gasteiger partial charge < -0.3 is 29.5 Å². The molecule has 14 nitrogen and oxygen atoms in total. The number of carbonyl (C=O) groups excluding carboxylic acids is 4. The van der Waals surface area contributed by atoms with Crippen LogP contribution in [-0.4, -0.2) is 101 Å². The first-order valence-electron chi connectivity index (χ1n) is 19.7. The maximum absolute atomic E-state index is 14.9. The minimum atomic E-state index is -1.59. The molecule has 4 aromatic rings. The molecule has 0 radical (unpaired) electrons. The molecule has 2 N–H and O–H groups in total. The number of aromatic nitrogens is 2. The molecule has 0 spiro atoms. The van der Waals surface area contributed by atoms with Crippen molar-refractivity contribution in [2.45, 2.75) is 51.0 Å². The van der Waals surface area contributed by atoms with Crippen LogP contribution in [0.25, 0.3) is 11.3 Å². The van der Waals surface area contributed by atoms with E-state index in [9.17, 15) is 33.5 Å². The third kappa shape index (κ3) is 10.7. The summed E-state index contributed by atoms with van der Waals surface area (Å²) in [4.78, 5) is 74.4. The summed E-state index contributed by atoms with van der Waals surface area (Å²) < 4.78 is 30.7. The highest BCUT2D eigenvalue weighted by Gasteiger charge is 2.31. The van der Waals surface area contributed by atoms with Gasteiger partial charge >= 0.3 is 17.9 Å². The van der Waals surface area contributed by atoms with Gasteiger partial charge in [0.15, 0.2) is 11.7 Å². The van der Waals surface area contributed by atoms with Crippen molar-refractivity contribution in [2.75, 3.05) is 45.3 Å². The molecule has 1 aliphatic carbocycles. The topological polar surface area (TPSA) is 178 Å². The lowest BCUT2D eigenvalue weighted by atomic mass is 9.78. The van der Waals surface area contributed by atoms with Crippen LogP contribution < -0.4 is 5.32 Å². The van der Waals surface area contributed by atoms with E-state index in [0.29, 0.717) is 30.9 Å². The first-order chi connectivity index (χ1) is 29.1. The number of hydrogen-bond acceptors (Lipinski definition) is 12. The number of rotatable bonds is 20. The van der Waals surface area contributed by atoms with Gasteiger partial charge in [-0.2, -0.15) is 0 Å². The van der Waals surface area contributed by atoms with Gasteiger partial charge in [0, 0.05) is 68.5 Å². The standard InChI is InChI=1S/C45H46FN5O9/c1-3-59-43(56)36(44(57)60-38(42(54)55)17-8-9-21-51-39(52)18-19-40(51)53)28-50(23-24-58-2)22-20-29-11-10-12-31(25-29)48-45-47-27-30-26-35(33-14-6-7-16-37(33)46)32-13-4-5-15-34(32)41(30)49-45/h4-7,10-16,18-19,25,27-28,35,38H,3,8-9,17,20-24,26H2,1-2H3,(H,54,55)(H,47,48,49)/b36-28+. The molecule has 1 aromatic heterocycles. The van der Waals surface area contributed by atoms with Crippen molar-refractivity contribution in [1.82, 2.24) is 19.8 Å². The van der Waals surface area contributed by atoms with Crippen LogP contribution in [0, 0.1) is 5.82 Å². The number of nitrogens with zero attached hydrogens (tertiary/aromatic N) is 4. The molecule has 15 heteroatoms. The number of methoxy groups -OCH3 is 1. The zero-order valence-corrected chi connectivity index (χ0v) is 33.3. The highest BCUT2D eigenvalue weighted by Crippen LogP contribution is 2.42. The predicted molar refractivity (Wildman–Crippen MR) is 218 cm³/mol. The van der Waals surface area contributed by atoms with Crippen molar-refractivity contribution in [2.24, 2.45) is 0 Å². The number of ether oxygens (including phenoxy) is 3. The summed E-state index contributed by atoms with van der Waals surface area (Å²) in [5.41, 5.74) is 5.39. The molecule has 3 aromatic carbocycles. The average Bonchev–Trinajstić information content (AvgIpc) is 3.57. The van der Waals surface area contributed by atoms with E-state index in [0.717, 1.165) is 50.7 Å². The zero-order valence-electron chi connectivity index (χ0n) is 33.3. The smallest absolute Gasteiger partial charge is 0.347 e. The van der Waals surface area contributed by atoms with Crippen molar-refractivity contribution in [3.8, 4) is 11.3 Å². The summed E-state index contributed by atoms with van der Waals surface area (Å²) >= 11 is 0. The second-order valence-electron chi connectivity index (χ2n) is 14.2. The van der Waals surface area contributed by atoms with Crippen LogP contribution in [0.4, 0.5) is 16.0 Å². The Hall–Kier alpha value is -6.74. The minimum absolute atomic E-state index is 0.0406. The summed E-state index contributed by atoms with van der Waals surface area (Å²) in [5.74, 6) is -4.48. The number of amides is 2. The van der Waals surface area contributed by atoms with E-state index in [-0.39, 0.29) is 57.3 Å².